The van der Waals surface area contributed by atoms with Gasteiger partial charge in [-0.05, 0) is 0 Å². The third kappa shape index (κ3) is 3.15. The predicted octanol–water partition coefficient (Wildman–Crippen LogP) is 2.35. The Morgan fingerprint density at radius 1 is 1.12 bits per heavy atom. The lowest BCUT2D eigenvalue weighted by Crippen LogP contribution is -2.17. The highest BCUT2D eigenvalue weighted by atomic mass is 16.5. The molecule has 0 aliphatic carbocycles. The van der Waals surface area contributed by atoms with Crippen LogP contribution in [-0.4, -0.2) is 20.1 Å². The summed E-state index contributed by atoms with van der Waals surface area (Å²) in [5.41, 5.74) is 6.54. The van der Waals surface area contributed by atoms with Crippen LogP contribution in [0.2, 0.25) is 0 Å². The summed E-state index contributed by atoms with van der Waals surface area (Å²) < 4.78 is 10.3. The summed E-state index contributed by atoms with van der Waals surface area (Å²) in [6.07, 6.45) is 0. The minimum atomic E-state index is 0.220. The van der Waals surface area contributed by atoms with Gasteiger partial charge in [-0.3, -0.25) is 0 Å². The number of hydrogen-bond acceptors (Lipinski definition) is 3. The van der Waals surface area contributed by atoms with Crippen molar-refractivity contribution in [3.8, 4) is 11.5 Å². The van der Waals surface area contributed by atoms with E-state index in [1.807, 2.05) is 26.0 Å². The molecule has 0 saturated heterocycles. The molecule has 0 unspecified atom stereocenters. The number of aliphatic imine (C=N–C) groups is 1. The van der Waals surface area contributed by atoms with Crippen LogP contribution in [0.5, 0.6) is 11.5 Å². The first kappa shape index (κ1) is 12.4. The fraction of sp³-hybridized carbons (Fsp3) is 0.417. The van der Waals surface area contributed by atoms with Gasteiger partial charge in [0.15, 0.2) is 0 Å². The molecule has 1 aromatic carbocycles. The standard InChI is InChI=1S/C12H18N2O2/c1-8(2)12(13)14-9-5-10(15-3)7-11(6-9)16-4/h5-8H,1-4H3,(H2,13,14). The van der Waals surface area contributed by atoms with Gasteiger partial charge in [-0.2, -0.15) is 0 Å². The van der Waals surface area contributed by atoms with Crippen molar-refractivity contribution in [1.82, 2.24) is 0 Å². The van der Waals surface area contributed by atoms with Crippen LogP contribution < -0.4 is 15.2 Å². The maximum absolute atomic E-state index is 5.80. The molecule has 0 atom stereocenters. The second-order valence-electron chi connectivity index (χ2n) is 3.76. The topological polar surface area (TPSA) is 56.8 Å². The molecule has 0 radical (unpaired) electrons. The molecule has 0 aromatic heterocycles. The largest absolute Gasteiger partial charge is 0.497 e. The molecule has 0 saturated carbocycles. The summed E-state index contributed by atoms with van der Waals surface area (Å²) >= 11 is 0. The number of hydrogen-bond donors (Lipinski definition) is 1. The van der Waals surface area contributed by atoms with Crippen molar-refractivity contribution < 1.29 is 9.47 Å². The van der Waals surface area contributed by atoms with Crippen LogP contribution in [0.3, 0.4) is 0 Å². The Bertz CT molecular complexity index is 364. The van der Waals surface area contributed by atoms with Gasteiger partial charge in [-0.1, -0.05) is 13.8 Å². The second-order valence-corrected chi connectivity index (χ2v) is 3.76. The smallest absolute Gasteiger partial charge is 0.124 e. The Hall–Kier alpha value is -1.71. The van der Waals surface area contributed by atoms with E-state index in [1.54, 1.807) is 20.3 Å². The molecule has 0 amide bonds. The van der Waals surface area contributed by atoms with Crippen LogP contribution >= 0.6 is 0 Å². The first-order valence-corrected chi connectivity index (χ1v) is 5.14. The van der Waals surface area contributed by atoms with E-state index >= 15 is 0 Å². The van der Waals surface area contributed by atoms with E-state index in [0.717, 1.165) is 5.69 Å². The molecule has 16 heavy (non-hydrogen) atoms. The summed E-state index contributed by atoms with van der Waals surface area (Å²) in [6.45, 7) is 3.99. The zero-order valence-corrected chi connectivity index (χ0v) is 10.2. The Labute approximate surface area is 96.1 Å². The average Bonchev–Trinajstić information content (AvgIpc) is 2.28. The number of nitrogens with zero attached hydrogens (tertiary/aromatic N) is 1. The highest BCUT2D eigenvalue weighted by Gasteiger charge is 2.03. The predicted molar refractivity (Wildman–Crippen MR) is 65.7 cm³/mol. The number of amidine groups is 1. The van der Waals surface area contributed by atoms with E-state index in [-0.39, 0.29) is 5.92 Å². The molecule has 88 valence electrons. The minimum absolute atomic E-state index is 0.220. The minimum Gasteiger partial charge on any atom is -0.497 e. The van der Waals surface area contributed by atoms with Crippen LogP contribution in [0.25, 0.3) is 0 Å². The lowest BCUT2D eigenvalue weighted by Gasteiger charge is -2.07. The molecule has 4 heteroatoms. The Morgan fingerprint density at radius 2 is 1.62 bits per heavy atom. The summed E-state index contributed by atoms with van der Waals surface area (Å²) in [5.74, 6) is 2.22. The van der Waals surface area contributed by atoms with Crippen molar-refractivity contribution in [3.05, 3.63) is 18.2 Å². The molecular weight excluding hydrogens is 204 g/mol. The summed E-state index contributed by atoms with van der Waals surface area (Å²) in [6, 6.07) is 5.43. The Morgan fingerprint density at radius 3 is 2.00 bits per heavy atom. The van der Waals surface area contributed by atoms with Crippen LogP contribution in [0.1, 0.15) is 13.8 Å². The maximum Gasteiger partial charge on any atom is 0.124 e. The van der Waals surface area contributed by atoms with Crippen molar-refractivity contribution >= 4 is 11.5 Å². The molecule has 2 N–H and O–H groups in total. The molecular formula is C12H18N2O2. The number of ether oxygens (including phenoxy) is 2. The summed E-state index contributed by atoms with van der Waals surface area (Å²) in [7, 11) is 3.21. The van der Waals surface area contributed by atoms with Crippen molar-refractivity contribution in [3.63, 3.8) is 0 Å². The third-order valence-electron chi connectivity index (χ3n) is 2.19. The van der Waals surface area contributed by atoms with Crippen molar-refractivity contribution in [1.29, 1.82) is 0 Å². The van der Waals surface area contributed by atoms with E-state index in [0.29, 0.717) is 17.3 Å². The quantitative estimate of drug-likeness (QED) is 0.628. The maximum atomic E-state index is 5.80. The van der Waals surface area contributed by atoms with Crippen molar-refractivity contribution in [2.45, 2.75) is 13.8 Å². The van der Waals surface area contributed by atoms with E-state index < -0.39 is 0 Å². The van der Waals surface area contributed by atoms with E-state index in [1.165, 1.54) is 0 Å². The van der Waals surface area contributed by atoms with Gasteiger partial charge < -0.3 is 15.2 Å². The molecule has 4 nitrogen and oxygen atoms in total. The van der Waals surface area contributed by atoms with E-state index in [9.17, 15) is 0 Å². The molecule has 0 fully saturated rings. The van der Waals surface area contributed by atoms with Gasteiger partial charge in [0.25, 0.3) is 0 Å². The normalized spacial score (nSPS) is 11.7. The van der Waals surface area contributed by atoms with Gasteiger partial charge in [-0.25, -0.2) is 4.99 Å². The Balaban J connectivity index is 3.08. The highest BCUT2D eigenvalue weighted by Crippen LogP contribution is 2.27. The molecule has 0 spiro atoms. The average molecular weight is 222 g/mol. The van der Waals surface area contributed by atoms with Gasteiger partial charge >= 0.3 is 0 Å². The first-order chi connectivity index (χ1) is 7.56. The van der Waals surface area contributed by atoms with Crippen molar-refractivity contribution in [2.75, 3.05) is 14.2 Å². The lowest BCUT2D eigenvalue weighted by atomic mass is 10.2. The van der Waals surface area contributed by atoms with Crippen LogP contribution in [0.15, 0.2) is 23.2 Å². The summed E-state index contributed by atoms with van der Waals surface area (Å²) in [4.78, 5) is 4.31. The lowest BCUT2D eigenvalue weighted by molar-refractivity contribution is 0.394. The van der Waals surface area contributed by atoms with Crippen LogP contribution in [-0.2, 0) is 0 Å². The molecule has 0 bridgehead atoms. The van der Waals surface area contributed by atoms with Gasteiger partial charge in [-0.15, -0.1) is 0 Å². The van der Waals surface area contributed by atoms with Crippen LogP contribution in [0, 0.1) is 5.92 Å². The number of benzene rings is 1. The first-order valence-electron chi connectivity index (χ1n) is 5.14. The second kappa shape index (κ2) is 5.39. The Kier molecular flexibility index (Phi) is 4.17. The number of rotatable bonds is 4. The third-order valence-corrected chi connectivity index (χ3v) is 2.19. The highest BCUT2D eigenvalue weighted by molar-refractivity contribution is 5.85. The van der Waals surface area contributed by atoms with E-state index in [2.05, 4.69) is 4.99 Å². The summed E-state index contributed by atoms with van der Waals surface area (Å²) in [5, 5.41) is 0. The van der Waals surface area contributed by atoms with E-state index in [4.69, 9.17) is 15.2 Å². The van der Waals surface area contributed by atoms with Gasteiger partial charge in [0.2, 0.25) is 0 Å². The number of nitrogens with two attached hydrogens (primary N) is 1. The molecule has 0 heterocycles. The zero-order valence-electron chi connectivity index (χ0n) is 10.2. The fourth-order valence-electron chi connectivity index (χ4n) is 1.14. The molecule has 1 rings (SSSR count). The van der Waals surface area contributed by atoms with Crippen molar-refractivity contribution in [2.24, 2.45) is 16.6 Å². The molecule has 1 aromatic rings. The molecule has 0 aliphatic heterocycles. The number of methoxy groups -OCH3 is 2. The van der Waals surface area contributed by atoms with Crippen LogP contribution in [0.4, 0.5) is 5.69 Å². The zero-order chi connectivity index (χ0) is 12.1. The SMILES string of the molecule is COc1cc(N=C(N)C(C)C)cc(OC)c1. The van der Waals surface area contributed by atoms with Gasteiger partial charge in [0, 0.05) is 24.1 Å². The van der Waals surface area contributed by atoms with Gasteiger partial charge in [0.05, 0.1) is 19.9 Å². The monoisotopic (exact) mass is 222 g/mol. The molecule has 0 aliphatic rings. The fourth-order valence-corrected chi connectivity index (χ4v) is 1.14. The van der Waals surface area contributed by atoms with Gasteiger partial charge in [0.1, 0.15) is 17.3 Å².